The zero-order chi connectivity index (χ0) is 21.5. The predicted octanol–water partition coefficient (Wildman–Crippen LogP) is 3.82. The van der Waals surface area contributed by atoms with Crippen LogP contribution in [-0.2, 0) is 20.9 Å². The largest absolute Gasteiger partial charge is 0.492 e. The summed E-state index contributed by atoms with van der Waals surface area (Å²) >= 11 is 7.14. The van der Waals surface area contributed by atoms with E-state index in [1.807, 2.05) is 25.1 Å². The minimum Gasteiger partial charge on any atom is -0.492 e. The van der Waals surface area contributed by atoms with Gasteiger partial charge >= 0.3 is 5.97 Å². The Balaban J connectivity index is 1.94. The van der Waals surface area contributed by atoms with Crippen LogP contribution in [-0.4, -0.2) is 36.3 Å². The average molecular weight is 449 g/mol. The molecule has 9 heteroatoms. The van der Waals surface area contributed by atoms with Crippen LogP contribution in [0.25, 0.3) is 10.2 Å². The molecule has 0 spiro atoms. The molecule has 0 bridgehead atoms. The van der Waals surface area contributed by atoms with E-state index in [1.165, 1.54) is 11.3 Å². The molecule has 158 valence electrons. The molecule has 0 aliphatic carbocycles. The Labute approximate surface area is 182 Å². The van der Waals surface area contributed by atoms with Crippen molar-refractivity contribution in [2.24, 2.45) is 4.99 Å². The Morgan fingerprint density at radius 1 is 1.07 bits per heavy atom. The third-order valence-electron chi connectivity index (χ3n) is 3.95. The van der Waals surface area contributed by atoms with Gasteiger partial charge in [0.25, 0.3) is 5.91 Å². The Morgan fingerprint density at radius 3 is 2.53 bits per heavy atom. The van der Waals surface area contributed by atoms with Gasteiger partial charge in [0.15, 0.2) is 11.4 Å². The number of carbonyl (C=O) groups is 2. The molecule has 1 amide bonds. The molecule has 0 radical (unpaired) electrons. The molecule has 3 rings (SSSR count). The first-order valence-electron chi connectivity index (χ1n) is 9.38. The number of esters is 1. The molecule has 0 saturated heterocycles. The first kappa shape index (κ1) is 21.9. The smallest absolute Gasteiger partial charge is 0.326 e. The molecule has 0 unspecified atom stereocenters. The van der Waals surface area contributed by atoms with Crippen LogP contribution >= 0.6 is 22.9 Å². The summed E-state index contributed by atoms with van der Waals surface area (Å²) in [5.41, 5.74) is 0.697. The minimum atomic E-state index is -0.480. The van der Waals surface area contributed by atoms with Crippen LogP contribution in [0.1, 0.15) is 13.8 Å². The summed E-state index contributed by atoms with van der Waals surface area (Å²) in [5.74, 6) is 0.223. The van der Waals surface area contributed by atoms with Crippen molar-refractivity contribution in [3.05, 3.63) is 52.3 Å². The van der Waals surface area contributed by atoms with E-state index < -0.39 is 11.9 Å². The first-order valence-corrected chi connectivity index (χ1v) is 10.6. The predicted molar refractivity (Wildman–Crippen MR) is 115 cm³/mol. The Hall–Kier alpha value is -2.84. The van der Waals surface area contributed by atoms with E-state index in [2.05, 4.69) is 4.99 Å². The number of para-hydroxylation sites is 1. The molecule has 0 fully saturated rings. The van der Waals surface area contributed by atoms with E-state index in [4.69, 9.17) is 25.8 Å². The van der Waals surface area contributed by atoms with Crippen molar-refractivity contribution in [2.45, 2.75) is 20.4 Å². The quantitative estimate of drug-likeness (QED) is 0.489. The fourth-order valence-corrected chi connectivity index (χ4v) is 3.94. The fraction of sp³-hybridized carbons (Fsp3) is 0.286. The van der Waals surface area contributed by atoms with Crippen molar-refractivity contribution in [3.8, 4) is 11.5 Å². The van der Waals surface area contributed by atoms with Crippen molar-refractivity contribution in [1.82, 2.24) is 4.57 Å². The lowest BCUT2D eigenvalue weighted by molar-refractivity contribution is -0.143. The maximum absolute atomic E-state index is 12.4. The van der Waals surface area contributed by atoms with Crippen LogP contribution in [0.5, 0.6) is 11.5 Å². The standard InChI is InChI=1S/C21H21ClN2O5S/c1-3-27-16-6-5-7-17-20(16)24(12-19(26)28-4-2)21(30-17)23-18(25)13-29-15-10-8-14(22)9-11-15/h5-11H,3-4,12-13H2,1-2H3. The van der Waals surface area contributed by atoms with Gasteiger partial charge in [0.1, 0.15) is 23.6 Å². The summed E-state index contributed by atoms with van der Waals surface area (Å²) in [6.07, 6.45) is 0. The summed E-state index contributed by atoms with van der Waals surface area (Å²) in [5, 5.41) is 0.578. The number of hydrogen-bond donors (Lipinski definition) is 0. The topological polar surface area (TPSA) is 79.1 Å². The molecule has 30 heavy (non-hydrogen) atoms. The van der Waals surface area contributed by atoms with Crippen molar-refractivity contribution >= 4 is 45.0 Å². The number of halogens is 1. The van der Waals surface area contributed by atoms with E-state index in [0.29, 0.717) is 33.4 Å². The molecular weight excluding hydrogens is 428 g/mol. The first-order chi connectivity index (χ1) is 14.5. The number of ether oxygens (including phenoxy) is 3. The number of benzene rings is 2. The monoisotopic (exact) mass is 448 g/mol. The van der Waals surface area contributed by atoms with Crippen LogP contribution in [0.15, 0.2) is 47.5 Å². The Kier molecular flexibility index (Phi) is 7.48. The van der Waals surface area contributed by atoms with Crippen molar-refractivity contribution in [3.63, 3.8) is 0 Å². The van der Waals surface area contributed by atoms with Crippen LogP contribution in [0.4, 0.5) is 0 Å². The molecule has 1 aromatic heterocycles. The normalized spacial score (nSPS) is 11.5. The number of amides is 1. The van der Waals surface area contributed by atoms with Crippen LogP contribution in [0, 0.1) is 0 Å². The van der Waals surface area contributed by atoms with Gasteiger partial charge < -0.3 is 18.8 Å². The molecule has 0 saturated carbocycles. The summed E-state index contributed by atoms with van der Waals surface area (Å²) in [6.45, 7) is 4.02. The number of hydrogen-bond acceptors (Lipinski definition) is 6. The highest BCUT2D eigenvalue weighted by molar-refractivity contribution is 7.16. The second kappa shape index (κ2) is 10.3. The zero-order valence-corrected chi connectivity index (χ0v) is 18.2. The lowest BCUT2D eigenvalue weighted by Gasteiger charge is -2.09. The Morgan fingerprint density at radius 2 is 1.83 bits per heavy atom. The third kappa shape index (κ3) is 5.40. The van der Waals surface area contributed by atoms with Gasteiger partial charge in [-0.25, -0.2) is 0 Å². The molecule has 2 aromatic carbocycles. The summed E-state index contributed by atoms with van der Waals surface area (Å²) in [6, 6.07) is 12.2. The maximum atomic E-state index is 12.4. The lowest BCUT2D eigenvalue weighted by atomic mass is 10.3. The number of nitrogens with zero attached hydrogens (tertiary/aromatic N) is 2. The van der Waals surface area contributed by atoms with Crippen LogP contribution in [0.3, 0.4) is 0 Å². The molecule has 3 aromatic rings. The highest BCUT2D eigenvalue weighted by Gasteiger charge is 2.16. The van der Waals surface area contributed by atoms with E-state index in [-0.39, 0.29) is 19.8 Å². The maximum Gasteiger partial charge on any atom is 0.326 e. The van der Waals surface area contributed by atoms with Crippen LogP contribution < -0.4 is 14.3 Å². The third-order valence-corrected chi connectivity index (χ3v) is 5.25. The van der Waals surface area contributed by atoms with Gasteiger partial charge in [0.2, 0.25) is 0 Å². The van der Waals surface area contributed by atoms with Crippen molar-refractivity contribution < 1.29 is 23.8 Å². The highest BCUT2D eigenvalue weighted by atomic mass is 35.5. The average Bonchev–Trinajstić information content (AvgIpc) is 3.06. The van der Waals surface area contributed by atoms with Crippen molar-refractivity contribution in [1.29, 1.82) is 0 Å². The molecule has 0 atom stereocenters. The van der Waals surface area contributed by atoms with E-state index in [9.17, 15) is 9.59 Å². The number of aromatic nitrogens is 1. The molecule has 1 heterocycles. The number of carbonyl (C=O) groups excluding carboxylic acids is 2. The molecule has 0 aliphatic rings. The second-order valence-electron chi connectivity index (χ2n) is 6.06. The summed E-state index contributed by atoms with van der Waals surface area (Å²) in [4.78, 5) is 29.1. The molecule has 0 aliphatic heterocycles. The van der Waals surface area contributed by atoms with E-state index >= 15 is 0 Å². The second-order valence-corrected chi connectivity index (χ2v) is 7.51. The Bertz CT molecular complexity index is 1100. The van der Waals surface area contributed by atoms with Gasteiger partial charge in [-0.1, -0.05) is 29.0 Å². The number of fused-ring (bicyclic) bond motifs is 1. The number of thiazole rings is 1. The highest BCUT2D eigenvalue weighted by Crippen LogP contribution is 2.27. The van der Waals surface area contributed by atoms with E-state index in [1.54, 1.807) is 35.8 Å². The van der Waals surface area contributed by atoms with E-state index in [0.717, 1.165) is 4.70 Å². The van der Waals surface area contributed by atoms with Crippen molar-refractivity contribution in [2.75, 3.05) is 19.8 Å². The summed E-state index contributed by atoms with van der Waals surface area (Å²) < 4.78 is 18.7. The fourth-order valence-electron chi connectivity index (χ4n) is 2.75. The summed E-state index contributed by atoms with van der Waals surface area (Å²) in [7, 11) is 0. The SMILES string of the molecule is CCOC(=O)Cn1c(=NC(=O)COc2ccc(Cl)cc2)sc2cccc(OCC)c21. The minimum absolute atomic E-state index is 0.0813. The lowest BCUT2D eigenvalue weighted by Crippen LogP contribution is -2.24. The zero-order valence-electron chi connectivity index (χ0n) is 16.6. The van der Waals surface area contributed by atoms with Gasteiger partial charge in [-0.3, -0.25) is 9.59 Å². The number of rotatable bonds is 8. The molecule has 0 N–H and O–H groups in total. The van der Waals surface area contributed by atoms with Gasteiger partial charge in [0.05, 0.1) is 17.9 Å². The van der Waals surface area contributed by atoms with Gasteiger partial charge in [-0.05, 0) is 50.2 Å². The van der Waals surface area contributed by atoms with Gasteiger partial charge in [-0.15, -0.1) is 0 Å². The van der Waals surface area contributed by atoms with Gasteiger partial charge in [0, 0.05) is 5.02 Å². The van der Waals surface area contributed by atoms with Crippen LogP contribution in [0.2, 0.25) is 5.02 Å². The van der Waals surface area contributed by atoms with Gasteiger partial charge in [-0.2, -0.15) is 4.99 Å². The molecular formula is C21H21ClN2O5S. The molecule has 7 nitrogen and oxygen atoms in total.